The van der Waals surface area contributed by atoms with Crippen LogP contribution in [-0.2, 0) is 4.79 Å². The van der Waals surface area contributed by atoms with E-state index >= 15 is 0 Å². The van der Waals surface area contributed by atoms with Crippen LogP contribution in [-0.4, -0.2) is 12.5 Å². The Morgan fingerprint density at radius 1 is 1.00 bits per heavy atom. The van der Waals surface area contributed by atoms with E-state index in [9.17, 15) is 4.79 Å². The first-order valence-corrected chi connectivity index (χ1v) is 8.25. The lowest BCUT2D eigenvalue weighted by molar-refractivity contribution is -0.121. The maximum absolute atomic E-state index is 12.1. The summed E-state index contributed by atoms with van der Waals surface area (Å²) in [6.45, 7) is 4.16. The SMILES string of the molecule is C[C@@H](NCC(=O)N[C@H](C)c1ccccc1Cl)c1ccc(Cl)cc1. The Bertz CT molecular complexity index is 658. The van der Waals surface area contributed by atoms with Crippen molar-refractivity contribution >= 4 is 29.1 Å². The number of nitrogens with one attached hydrogen (secondary N) is 2. The first-order chi connectivity index (χ1) is 11.0. The molecule has 2 N–H and O–H groups in total. The fraction of sp³-hybridized carbons (Fsp3) is 0.278. The highest BCUT2D eigenvalue weighted by atomic mass is 35.5. The number of carbonyl (C=O) groups excluding carboxylic acids is 1. The Morgan fingerprint density at radius 2 is 1.65 bits per heavy atom. The third-order valence-electron chi connectivity index (χ3n) is 3.69. The molecule has 0 spiro atoms. The zero-order valence-corrected chi connectivity index (χ0v) is 14.7. The third-order valence-corrected chi connectivity index (χ3v) is 4.28. The van der Waals surface area contributed by atoms with E-state index in [1.165, 1.54) is 0 Å². The van der Waals surface area contributed by atoms with Crippen LogP contribution < -0.4 is 10.6 Å². The molecule has 0 saturated heterocycles. The second-order valence-corrected chi connectivity index (χ2v) is 6.31. The highest BCUT2D eigenvalue weighted by Crippen LogP contribution is 2.22. The number of halogens is 2. The van der Waals surface area contributed by atoms with Crippen molar-refractivity contribution in [1.29, 1.82) is 0 Å². The van der Waals surface area contributed by atoms with Crippen LogP contribution in [0.1, 0.15) is 37.1 Å². The number of hydrogen-bond acceptors (Lipinski definition) is 2. The fourth-order valence-electron chi connectivity index (χ4n) is 2.31. The summed E-state index contributed by atoms with van der Waals surface area (Å²) in [6, 6.07) is 15.0. The van der Waals surface area contributed by atoms with Gasteiger partial charge in [0, 0.05) is 16.1 Å². The molecule has 23 heavy (non-hydrogen) atoms. The largest absolute Gasteiger partial charge is 0.348 e. The molecule has 0 bridgehead atoms. The lowest BCUT2D eigenvalue weighted by atomic mass is 10.1. The topological polar surface area (TPSA) is 41.1 Å². The molecular formula is C18H20Cl2N2O. The average Bonchev–Trinajstić information content (AvgIpc) is 2.53. The molecular weight excluding hydrogens is 331 g/mol. The van der Waals surface area contributed by atoms with E-state index in [-0.39, 0.29) is 24.5 Å². The van der Waals surface area contributed by atoms with Gasteiger partial charge in [-0.3, -0.25) is 4.79 Å². The monoisotopic (exact) mass is 350 g/mol. The molecule has 1 amide bonds. The Balaban J connectivity index is 1.85. The van der Waals surface area contributed by atoms with Gasteiger partial charge in [0.05, 0.1) is 12.6 Å². The maximum Gasteiger partial charge on any atom is 0.234 e. The summed E-state index contributed by atoms with van der Waals surface area (Å²) >= 11 is 12.0. The Labute approximate surface area is 147 Å². The number of carbonyl (C=O) groups is 1. The van der Waals surface area contributed by atoms with Gasteiger partial charge < -0.3 is 10.6 Å². The van der Waals surface area contributed by atoms with Gasteiger partial charge in [-0.25, -0.2) is 0 Å². The molecule has 2 rings (SSSR count). The zero-order chi connectivity index (χ0) is 16.8. The minimum Gasteiger partial charge on any atom is -0.348 e. The van der Waals surface area contributed by atoms with Gasteiger partial charge >= 0.3 is 0 Å². The minimum atomic E-state index is -0.135. The van der Waals surface area contributed by atoms with Crippen molar-refractivity contribution in [3.63, 3.8) is 0 Å². The normalized spacial score (nSPS) is 13.4. The van der Waals surface area contributed by atoms with E-state index in [1.807, 2.05) is 62.4 Å². The van der Waals surface area contributed by atoms with Crippen LogP contribution in [0.3, 0.4) is 0 Å². The molecule has 3 nitrogen and oxygen atoms in total. The lowest BCUT2D eigenvalue weighted by Gasteiger charge is -2.18. The van der Waals surface area contributed by atoms with Crippen LogP contribution in [0.5, 0.6) is 0 Å². The van der Waals surface area contributed by atoms with E-state index in [0.29, 0.717) is 10.0 Å². The van der Waals surface area contributed by atoms with Crippen molar-refractivity contribution < 1.29 is 4.79 Å². The predicted molar refractivity (Wildman–Crippen MR) is 95.9 cm³/mol. The van der Waals surface area contributed by atoms with E-state index < -0.39 is 0 Å². The van der Waals surface area contributed by atoms with Crippen LogP contribution >= 0.6 is 23.2 Å². The standard InChI is InChI=1S/C18H20Cl2N2O/c1-12(14-7-9-15(19)10-8-14)21-11-18(23)22-13(2)16-5-3-4-6-17(16)20/h3-10,12-13,21H,11H2,1-2H3,(H,22,23)/t12-,13-/m1/s1. The van der Waals surface area contributed by atoms with Crippen molar-refractivity contribution in [3.05, 3.63) is 69.7 Å². The number of benzene rings is 2. The quantitative estimate of drug-likeness (QED) is 0.803. The molecule has 0 saturated carbocycles. The van der Waals surface area contributed by atoms with Crippen molar-refractivity contribution in [2.45, 2.75) is 25.9 Å². The first-order valence-electron chi connectivity index (χ1n) is 7.50. The van der Waals surface area contributed by atoms with E-state index in [4.69, 9.17) is 23.2 Å². The van der Waals surface area contributed by atoms with Crippen LogP contribution in [0.2, 0.25) is 10.0 Å². The van der Waals surface area contributed by atoms with Gasteiger partial charge in [0.15, 0.2) is 0 Å². The predicted octanol–water partition coefficient (Wildman–Crippen LogP) is 4.52. The summed E-state index contributed by atoms with van der Waals surface area (Å²) < 4.78 is 0. The van der Waals surface area contributed by atoms with E-state index in [2.05, 4.69) is 10.6 Å². The Morgan fingerprint density at radius 3 is 2.30 bits per heavy atom. The first kappa shape index (κ1) is 17.8. The summed E-state index contributed by atoms with van der Waals surface area (Å²) in [7, 11) is 0. The summed E-state index contributed by atoms with van der Waals surface area (Å²) in [5, 5.41) is 7.50. The second kappa shape index (κ2) is 8.34. The molecule has 0 aliphatic carbocycles. The highest BCUT2D eigenvalue weighted by molar-refractivity contribution is 6.31. The fourth-order valence-corrected chi connectivity index (χ4v) is 2.74. The molecule has 0 aliphatic heterocycles. The van der Waals surface area contributed by atoms with Crippen LogP contribution in [0.25, 0.3) is 0 Å². The molecule has 2 atom stereocenters. The summed E-state index contributed by atoms with van der Waals surface area (Å²) in [5.74, 6) is -0.0711. The van der Waals surface area contributed by atoms with Gasteiger partial charge in [-0.05, 0) is 43.2 Å². The van der Waals surface area contributed by atoms with Crippen molar-refractivity contribution in [3.8, 4) is 0 Å². The van der Waals surface area contributed by atoms with Crippen molar-refractivity contribution in [2.24, 2.45) is 0 Å². The molecule has 5 heteroatoms. The zero-order valence-electron chi connectivity index (χ0n) is 13.1. The van der Waals surface area contributed by atoms with Gasteiger partial charge in [-0.2, -0.15) is 0 Å². The Hall–Kier alpha value is -1.55. The molecule has 0 fully saturated rings. The molecule has 0 unspecified atom stereocenters. The third kappa shape index (κ3) is 5.24. The van der Waals surface area contributed by atoms with E-state index in [1.54, 1.807) is 0 Å². The molecule has 0 heterocycles. The molecule has 0 radical (unpaired) electrons. The highest BCUT2D eigenvalue weighted by Gasteiger charge is 2.13. The van der Waals surface area contributed by atoms with Gasteiger partial charge in [0.25, 0.3) is 0 Å². The van der Waals surface area contributed by atoms with Crippen LogP contribution in [0.4, 0.5) is 0 Å². The van der Waals surface area contributed by atoms with Gasteiger partial charge in [-0.1, -0.05) is 53.5 Å². The summed E-state index contributed by atoms with van der Waals surface area (Å²) in [5.41, 5.74) is 2.00. The smallest absolute Gasteiger partial charge is 0.234 e. The number of hydrogen-bond donors (Lipinski definition) is 2. The molecule has 0 aromatic heterocycles. The average molecular weight is 351 g/mol. The second-order valence-electron chi connectivity index (χ2n) is 5.46. The molecule has 2 aromatic carbocycles. The minimum absolute atomic E-state index is 0.0636. The summed E-state index contributed by atoms with van der Waals surface area (Å²) in [4.78, 5) is 12.1. The van der Waals surface area contributed by atoms with Gasteiger partial charge in [-0.15, -0.1) is 0 Å². The van der Waals surface area contributed by atoms with Gasteiger partial charge in [0.1, 0.15) is 0 Å². The van der Waals surface area contributed by atoms with Crippen molar-refractivity contribution in [1.82, 2.24) is 10.6 Å². The molecule has 122 valence electrons. The van der Waals surface area contributed by atoms with Crippen LogP contribution in [0.15, 0.2) is 48.5 Å². The molecule has 0 aliphatic rings. The maximum atomic E-state index is 12.1. The van der Waals surface area contributed by atoms with Gasteiger partial charge in [0.2, 0.25) is 5.91 Å². The van der Waals surface area contributed by atoms with E-state index in [0.717, 1.165) is 11.1 Å². The molecule has 2 aromatic rings. The summed E-state index contributed by atoms with van der Waals surface area (Å²) in [6.07, 6.45) is 0. The number of rotatable bonds is 6. The lowest BCUT2D eigenvalue weighted by Crippen LogP contribution is -2.36. The van der Waals surface area contributed by atoms with Crippen molar-refractivity contribution in [2.75, 3.05) is 6.54 Å². The number of amides is 1. The Kier molecular flexibility index (Phi) is 6.46. The van der Waals surface area contributed by atoms with Crippen LogP contribution in [0, 0.1) is 0 Å².